The number of rotatable bonds is 8. The molecule has 1 aliphatic rings. The number of halogens is 2. The number of likely N-dealkylation sites (N-methyl/N-ethyl adjacent to an activating group) is 1. The lowest BCUT2D eigenvalue weighted by molar-refractivity contribution is -0.120. The molecule has 0 bridgehead atoms. The third kappa shape index (κ3) is 4.05. The Balaban J connectivity index is 1.64. The van der Waals surface area contributed by atoms with Crippen molar-refractivity contribution < 1.29 is 23.1 Å². The average Bonchev–Trinajstić information content (AvgIpc) is 3.42. The second-order valence-electron chi connectivity index (χ2n) is 8.43. The van der Waals surface area contributed by atoms with Crippen LogP contribution in [0.4, 0.5) is 14.5 Å². The number of fused-ring (bicyclic) bond motifs is 1. The van der Waals surface area contributed by atoms with E-state index in [2.05, 4.69) is 5.32 Å². The summed E-state index contributed by atoms with van der Waals surface area (Å²) in [5.41, 5.74) is 0.270. The number of nitrogens with one attached hydrogen (secondary N) is 1. The third-order valence-electron chi connectivity index (χ3n) is 6.57. The Kier molecular flexibility index (Phi) is 6.58. The topological polar surface area (TPSA) is 63.6 Å². The zero-order valence-electron chi connectivity index (χ0n) is 18.6. The van der Waals surface area contributed by atoms with Gasteiger partial charge in [0, 0.05) is 24.1 Å². The van der Waals surface area contributed by atoms with Crippen molar-refractivity contribution in [3.05, 3.63) is 65.9 Å². The van der Waals surface area contributed by atoms with Crippen LogP contribution in [0.2, 0.25) is 0 Å². The number of aldehydes is 1. The summed E-state index contributed by atoms with van der Waals surface area (Å²) in [7, 11) is 3.14. The number of carbonyl (C=O) groups is 2. The molecule has 0 saturated carbocycles. The number of carbonyl (C=O) groups excluding carboxylic acids is 2. The molecule has 2 aromatic carbocycles. The molecular formula is C25H27F2N3O3. The first-order chi connectivity index (χ1) is 16.0. The fraction of sp³-hybridized carbons (Fsp3) is 0.360. The zero-order chi connectivity index (χ0) is 23.6. The van der Waals surface area contributed by atoms with Crippen molar-refractivity contribution in [1.29, 1.82) is 0 Å². The number of ether oxygens (including phenoxy) is 1. The van der Waals surface area contributed by atoms with Gasteiger partial charge in [0.25, 0.3) is 0 Å². The Morgan fingerprint density at radius 1 is 1.18 bits per heavy atom. The van der Waals surface area contributed by atoms with Crippen molar-refractivity contribution in [3.8, 4) is 0 Å². The summed E-state index contributed by atoms with van der Waals surface area (Å²) < 4.78 is 34.0. The van der Waals surface area contributed by atoms with Crippen molar-refractivity contribution in [1.82, 2.24) is 9.47 Å². The molecule has 2 unspecified atom stereocenters. The molecule has 33 heavy (non-hydrogen) atoms. The number of methoxy groups -OCH3 is 1. The van der Waals surface area contributed by atoms with Crippen LogP contribution in [0.5, 0.6) is 0 Å². The summed E-state index contributed by atoms with van der Waals surface area (Å²) in [5, 5.41) is 3.54. The SMILES string of the molecule is COC(CF)(CF)n1c(C=O)cc2cc(NC(=O)C3C(c4ccccc4)CCN3C)ccc21. The van der Waals surface area contributed by atoms with Crippen LogP contribution in [0, 0.1) is 0 Å². The van der Waals surface area contributed by atoms with E-state index in [4.69, 9.17) is 4.74 Å². The molecule has 2 atom stereocenters. The maximum Gasteiger partial charge on any atom is 0.242 e. The molecule has 1 N–H and O–H groups in total. The Bertz CT molecular complexity index is 1140. The lowest BCUT2D eigenvalue weighted by atomic mass is 9.91. The summed E-state index contributed by atoms with van der Waals surface area (Å²) in [5.74, 6) is -0.0453. The summed E-state index contributed by atoms with van der Waals surface area (Å²) in [4.78, 5) is 26.9. The van der Waals surface area contributed by atoms with E-state index >= 15 is 0 Å². The van der Waals surface area contributed by atoms with E-state index in [0.717, 1.165) is 18.5 Å². The molecular weight excluding hydrogens is 428 g/mol. The fourth-order valence-corrected chi connectivity index (χ4v) is 4.81. The Hall–Kier alpha value is -3.10. The van der Waals surface area contributed by atoms with Crippen LogP contribution in [-0.2, 0) is 15.3 Å². The van der Waals surface area contributed by atoms with E-state index in [1.807, 2.05) is 42.3 Å². The van der Waals surface area contributed by atoms with Gasteiger partial charge in [0.2, 0.25) is 11.6 Å². The molecule has 0 aliphatic carbocycles. The maximum atomic E-state index is 13.8. The number of aromatic nitrogens is 1. The summed E-state index contributed by atoms with van der Waals surface area (Å²) in [6.07, 6.45) is 1.42. The predicted molar refractivity (Wildman–Crippen MR) is 123 cm³/mol. The Morgan fingerprint density at radius 2 is 1.91 bits per heavy atom. The van der Waals surface area contributed by atoms with Crippen molar-refractivity contribution >= 4 is 28.8 Å². The third-order valence-corrected chi connectivity index (χ3v) is 6.57. The number of benzene rings is 2. The van der Waals surface area contributed by atoms with E-state index in [1.54, 1.807) is 18.2 Å². The number of amides is 1. The van der Waals surface area contributed by atoms with Crippen LogP contribution >= 0.6 is 0 Å². The molecule has 1 aliphatic heterocycles. The number of alkyl halides is 2. The molecule has 0 spiro atoms. The van der Waals surface area contributed by atoms with Crippen molar-refractivity contribution in [2.75, 3.05) is 39.4 Å². The van der Waals surface area contributed by atoms with Crippen molar-refractivity contribution in [3.63, 3.8) is 0 Å². The first-order valence-electron chi connectivity index (χ1n) is 10.8. The molecule has 3 aromatic rings. The number of anilines is 1. The van der Waals surface area contributed by atoms with Crippen LogP contribution < -0.4 is 5.32 Å². The normalized spacial score (nSPS) is 19.2. The van der Waals surface area contributed by atoms with Gasteiger partial charge in [-0.2, -0.15) is 0 Å². The van der Waals surface area contributed by atoms with Crippen LogP contribution in [-0.4, -0.2) is 61.8 Å². The minimum atomic E-state index is -1.92. The molecule has 0 radical (unpaired) electrons. The lowest BCUT2D eigenvalue weighted by Crippen LogP contribution is -2.41. The quantitative estimate of drug-likeness (QED) is 0.519. The summed E-state index contributed by atoms with van der Waals surface area (Å²) >= 11 is 0. The van der Waals surface area contributed by atoms with Gasteiger partial charge >= 0.3 is 0 Å². The number of likely N-dealkylation sites (tertiary alicyclic amines) is 1. The molecule has 2 heterocycles. The second kappa shape index (κ2) is 9.41. The fourth-order valence-electron chi connectivity index (χ4n) is 4.81. The Morgan fingerprint density at radius 3 is 2.55 bits per heavy atom. The highest BCUT2D eigenvalue weighted by Crippen LogP contribution is 2.34. The number of hydrogen-bond acceptors (Lipinski definition) is 4. The highest BCUT2D eigenvalue weighted by atomic mass is 19.1. The standard InChI is InChI=1S/C25H27F2N3O3/c1-29-11-10-21(17-6-4-3-5-7-17)23(29)24(32)28-19-8-9-22-18(12-19)13-20(14-31)30(22)25(15-26,16-27)33-2/h3-9,12-14,21,23H,10-11,15-16H2,1-2H3,(H,28,32). The van der Waals surface area contributed by atoms with Gasteiger partial charge in [-0.1, -0.05) is 30.3 Å². The van der Waals surface area contributed by atoms with Gasteiger partial charge in [-0.3, -0.25) is 14.5 Å². The molecule has 1 saturated heterocycles. The van der Waals surface area contributed by atoms with Crippen LogP contribution in [0.3, 0.4) is 0 Å². The van der Waals surface area contributed by atoms with Gasteiger partial charge in [0.15, 0.2) is 6.29 Å². The second-order valence-corrected chi connectivity index (χ2v) is 8.43. The smallest absolute Gasteiger partial charge is 0.242 e. The van der Waals surface area contributed by atoms with Crippen molar-refractivity contribution in [2.45, 2.75) is 24.1 Å². The summed E-state index contributed by atoms with van der Waals surface area (Å²) in [6.45, 7) is -1.47. The average molecular weight is 456 g/mol. The monoisotopic (exact) mass is 455 g/mol. The first kappa shape index (κ1) is 23.1. The molecule has 8 heteroatoms. The summed E-state index contributed by atoms with van der Waals surface area (Å²) in [6, 6.07) is 16.2. The van der Waals surface area contributed by atoms with Gasteiger partial charge in [-0.25, -0.2) is 8.78 Å². The van der Waals surface area contributed by atoms with E-state index in [-0.39, 0.29) is 23.6 Å². The first-order valence-corrected chi connectivity index (χ1v) is 10.8. The van der Waals surface area contributed by atoms with Crippen molar-refractivity contribution in [2.24, 2.45) is 0 Å². The lowest BCUT2D eigenvalue weighted by Gasteiger charge is -2.30. The minimum absolute atomic E-state index is 0.0825. The van der Waals surface area contributed by atoms with E-state index < -0.39 is 19.1 Å². The molecule has 174 valence electrons. The van der Waals surface area contributed by atoms with Gasteiger partial charge in [-0.15, -0.1) is 0 Å². The van der Waals surface area contributed by atoms with Crippen LogP contribution in [0.1, 0.15) is 28.4 Å². The number of hydrogen-bond donors (Lipinski definition) is 1. The minimum Gasteiger partial charge on any atom is -0.353 e. The van der Waals surface area contributed by atoms with Gasteiger partial charge in [0.1, 0.15) is 13.3 Å². The highest BCUT2D eigenvalue weighted by molar-refractivity contribution is 5.98. The molecule has 1 amide bonds. The molecule has 1 fully saturated rings. The van der Waals surface area contributed by atoms with Gasteiger partial charge in [0.05, 0.1) is 17.3 Å². The highest BCUT2D eigenvalue weighted by Gasteiger charge is 2.38. The van der Waals surface area contributed by atoms with Gasteiger partial charge in [-0.05, 0) is 49.8 Å². The van der Waals surface area contributed by atoms with E-state index in [9.17, 15) is 18.4 Å². The molecule has 6 nitrogen and oxygen atoms in total. The molecule has 4 rings (SSSR count). The van der Waals surface area contributed by atoms with Crippen LogP contribution in [0.25, 0.3) is 10.9 Å². The molecule has 1 aromatic heterocycles. The largest absolute Gasteiger partial charge is 0.353 e. The Labute approximate surface area is 191 Å². The zero-order valence-corrected chi connectivity index (χ0v) is 18.6. The van der Waals surface area contributed by atoms with Crippen LogP contribution in [0.15, 0.2) is 54.6 Å². The van der Waals surface area contributed by atoms with E-state index in [0.29, 0.717) is 22.9 Å². The number of nitrogens with zero attached hydrogens (tertiary/aromatic N) is 2. The predicted octanol–water partition coefficient (Wildman–Crippen LogP) is 4.12. The van der Waals surface area contributed by atoms with Gasteiger partial charge < -0.3 is 14.6 Å². The maximum absolute atomic E-state index is 13.8. The van der Waals surface area contributed by atoms with E-state index in [1.165, 1.54) is 17.7 Å².